The summed E-state index contributed by atoms with van der Waals surface area (Å²) in [6.07, 6.45) is 1.20. The molecule has 0 radical (unpaired) electrons. The Labute approximate surface area is 149 Å². The lowest BCUT2D eigenvalue weighted by atomic mass is 10.2. The number of hydroxylamine groups is 2. The van der Waals surface area contributed by atoms with Gasteiger partial charge in [-0.25, -0.2) is 9.86 Å². The number of H-pyrrole nitrogens is 1. The number of nitrogens with one attached hydrogen (secondary N) is 3. The third-order valence-electron chi connectivity index (χ3n) is 4.45. The van der Waals surface area contributed by atoms with Crippen LogP contribution in [0.15, 0.2) is 60.6 Å². The molecule has 0 fully saturated rings. The monoisotopic (exact) mass is 348 g/mol. The Morgan fingerprint density at radius 1 is 1.12 bits per heavy atom. The van der Waals surface area contributed by atoms with Gasteiger partial charge in [-0.1, -0.05) is 24.3 Å². The van der Waals surface area contributed by atoms with E-state index in [9.17, 15) is 4.79 Å². The maximum Gasteiger partial charge on any atom is 0.437 e. The summed E-state index contributed by atoms with van der Waals surface area (Å²) in [5.74, 6) is 1.33. The van der Waals surface area contributed by atoms with E-state index in [1.165, 1.54) is 5.06 Å². The Kier molecular flexibility index (Phi) is 3.21. The van der Waals surface area contributed by atoms with Crippen LogP contribution < -0.4 is 15.5 Å². The number of aromatic nitrogens is 2. The molecular weight excluding hydrogens is 332 g/mol. The molecule has 0 aliphatic carbocycles. The van der Waals surface area contributed by atoms with Crippen LogP contribution in [0, 0.1) is 0 Å². The standard InChI is InChI=1S/C18H16N6O2/c25-18(20-17-12-5-1-2-6-13(12)21-22-17)26-23-9-10-24-15-8-4-3-7-14(15)19-16(24)11-23/h1-8,11,19H,9-10H2,(H2,20,21,22,25). The van der Waals surface area contributed by atoms with Gasteiger partial charge in [-0.2, -0.15) is 5.10 Å². The van der Waals surface area contributed by atoms with E-state index in [2.05, 4.69) is 31.8 Å². The number of aromatic amines is 1. The van der Waals surface area contributed by atoms with Gasteiger partial charge in [-0.05, 0) is 24.3 Å². The van der Waals surface area contributed by atoms with Crippen molar-refractivity contribution >= 4 is 34.2 Å². The van der Waals surface area contributed by atoms with Gasteiger partial charge in [0, 0.05) is 11.9 Å². The number of benzene rings is 2. The molecule has 1 amide bonds. The topological polar surface area (TPSA) is 85.5 Å². The molecular formula is C18H16N6O2. The molecule has 0 spiro atoms. The molecule has 0 saturated heterocycles. The largest absolute Gasteiger partial charge is 0.437 e. The zero-order valence-electron chi connectivity index (χ0n) is 13.8. The number of rotatable bonds is 2. The van der Waals surface area contributed by atoms with Crippen molar-refractivity contribution in [1.82, 2.24) is 15.3 Å². The second-order valence-electron chi connectivity index (χ2n) is 6.07. The van der Waals surface area contributed by atoms with Gasteiger partial charge in [0.15, 0.2) is 5.82 Å². The number of para-hydroxylation sites is 3. The smallest absolute Gasteiger partial charge is 0.339 e. The maximum absolute atomic E-state index is 12.2. The van der Waals surface area contributed by atoms with E-state index in [1.807, 2.05) is 42.5 Å². The van der Waals surface area contributed by atoms with Crippen LogP contribution in [0.5, 0.6) is 0 Å². The molecule has 130 valence electrons. The molecule has 0 saturated carbocycles. The third-order valence-corrected chi connectivity index (χ3v) is 4.45. The Morgan fingerprint density at radius 2 is 1.96 bits per heavy atom. The van der Waals surface area contributed by atoms with Crippen LogP contribution in [0.25, 0.3) is 10.9 Å². The number of nitrogens with zero attached hydrogens (tertiary/aromatic N) is 3. The summed E-state index contributed by atoms with van der Waals surface area (Å²) >= 11 is 0. The Balaban J connectivity index is 1.29. The fourth-order valence-electron chi connectivity index (χ4n) is 3.25. The number of fused-ring (bicyclic) bond motifs is 4. The molecule has 2 aliphatic rings. The van der Waals surface area contributed by atoms with Crippen molar-refractivity contribution in [3.8, 4) is 0 Å². The zero-order valence-corrected chi connectivity index (χ0v) is 13.8. The van der Waals surface area contributed by atoms with Crippen LogP contribution >= 0.6 is 0 Å². The molecule has 0 atom stereocenters. The normalized spacial score (nSPS) is 15.2. The molecule has 5 rings (SSSR count). The quantitative estimate of drug-likeness (QED) is 0.660. The van der Waals surface area contributed by atoms with E-state index in [-0.39, 0.29) is 0 Å². The summed E-state index contributed by atoms with van der Waals surface area (Å²) in [7, 11) is 0. The first-order valence-corrected chi connectivity index (χ1v) is 8.32. The van der Waals surface area contributed by atoms with Gasteiger partial charge >= 0.3 is 6.09 Å². The van der Waals surface area contributed by atoms with Crippen LogP contribution in [0.2, 0.25) is 0 Å². The summed E-state index contributed by atoms with van der Waals surface area (Å²) < 4.78 is 0. The van der Waals surface area contributed by atoms with E-state index in [0.717, 1.165) is 28.1 Å². The zero-order chi connectivity index (χ0) is 17.5. The Hall–Kier alpha value is -3.68. The summed E-state index contributed by atoms with van der Waals surface area (Å²) in [5.41, 5.74) is 3.03. The van der Waals surface area contributed by atoms with Crippen molar-refractivity contribution in [2.75, 3.05) is 28.6 Å². The molecule has 3 N–H and O–H groups in total. The summed E-state index contributed by atoms with van der Waals surface area (Å²) in [5, 5.41) is 15.4. The highest BCUT2D eigenvalue weighted by molar-refractivity contribution is 5.96. The van der Waals surface area contributed by atoms with Crippen molar-refractivity contribution in [1.29, 1.82) is 0 Å². The van der Waals surface area contributed by atoms with Crippen LogP contribution in [-0.2, 0) is 4.84 Å². The molecule has 0 unspecified atom stereocenters. The predicted octanol–water partition coefficient (Wildman–Crippen LogP) is 3.07. The van der Waals surface area contributed by atoms with Gasteiger partial charge in [-0.15, -0.1) is 0 Å². The lowest BCUT2D eigenvalue weighted by molar-refractivity contribution is -0.0515. The van der Waals surface area contributed by atoms with Crippen molar-refractivity contribution in [2.45, 2.75) is 0 Å². The van der Waals surface area contributed by atoms with Crippen molar-refractivity contribution in [3.05, 3.63) is 60.6 Å². The highest BCUT2D eigenvalue weighted by atomic mass is 16.7. The second kappa shape index (κ2) is 5.69. The van der Waals surface area contributed by atoms with E-state index < -0.39 is 6.09 Å². The van der Waals surface area contributed by atoms with Gasteiger partial charge in [0.05, 0.1) is 29.6 Å². The lowest BCUT2D eigenvalue weighted by Gasteiger charge is -2.30. The maximum atomic E-state index is 12.2. The van der Waals surface area contributed by atoms with Crippen molar-refractivity contribution in [2.24, 2.45) is 0 Å². The first kappa shape index (κ1) is 14.6. The van der Waals surface area contributed by atoms with E-state index in [0.29, 0.717) is 18.9 Å². The molecule has 8 nitrogen and oxygen atoms in total. The molecule has 0 bridgehead atoms. The SMILES string of the molecule is O=C(Nc1n[nH]c2ccccc12)ON1C=C2Nc3ccccc3N2CC1. The minimum atomic E-state index is -0.580. The van der Waals surface area contributed by atoms with Crippen LogP contribution in [0.3, 0.4) is 0 Å². The second-order valence-corrected chi connectivity index (χ2v) is 6.07. The van der Waals surface area contributed by atoms with Crippen LogP contribution in [0.4, 0.5) is 22.0 Å². The van der Waals surface area contributed by atoms with Gasteiger partial charge in [-0.3, -0.25) is 10.4 Å². The fourth-order valence-corrected chi connectivity index (χ4v) is 3.25. The highest BCUT2D eigenvalue weighted by Gasteiger charge is 2.28. The summed E-state index contributed by atoms with van der Waals surface area (Å²) in [4.78, 5) is 19.8. The third kappa shape index (κ3) is 2.39. The number of carbonyl (C=O) groups excluding carboxylic acids is 1. The first-order chi connectivity index (χ1) is 12.8. The molecule has 26 heavy (non-hydrogen) atoms. The summed E-state index contributed by atoms with van der Waals surface area (Å²) in [6.45, 7) is 1.28. The number of amides is 1. The molecule has 2 aromatic carbocycles. The van der Waals surface area contributed by atoms with Gasteiger partial charge in [0.2, 0.25) is 0 Å². The molecule has 3 aromatic rings. The Bertz CT molecular complexity index is 1030. The molecule has 1 aromatic heterocycles. The molecule has 8 heteroatoms. The predicted molar refractivity (Wildman–Crippen MR) is 98.4 cm³/mol. The number of anilines is 3. The Morgan fingerprint density at radius 3 is 2.92 bits per heavy atom. The van der Waals surface area contributed by atoms with Gasteiger partial charge < -0.3 is 15.1 Å². The number of carbonyl (C=O) groups is 1. The number of hydrogen-bond acceptors (Lipinski definition) is 6. The first-order valence-electron chi connectivity index (χ1n) is 8.32. The van der Waals surface area contributed by atoms with Gasteiger partial charge in [0.1, 0.15) is 5.82 Å². The number of hydrogen-bond donors (Lipinski definition) is 3. The summed E-state index contributed by atoms with van der Waals surface area (Å²) in [6, 6.07) is 15.7. The minimum Gasteiger partial charge on any atom is -0.339 e. The molecule has 2 aliphatic heterocycles. The van der Waals surface area contributed by atoms with Crippen LogP contribution in [-0.4, -0.2) is 34.4 Å². The van der Waals surface area contributed by atoms with Crippen molar-refractivity contribution < 1.29 is 9.63 Å². The van der Waals surface area contributed by atoms with E-state index >= 15 is 0 Å². The highest BCUT2D eigenvalue weighted by Crippen LogP contribution is 2.37. The fraction of sp³-hybridized carbons (Fsp3) is 0.111. The average molecular weight is 348 g/mol. The molecule has 3 heterocycles. The van der Waals surface area contributed by atoms with Gasteiger partial charge in [0.25, 0.3) is 0 Å². The van der Waals surface area contributed by atoms with E-state index in [1.54, 1.807) is 6.20 Å². The van der Waals surface area contributed by atoms with E-state index in [4.69, 9.17) is 4.84 Å². The van der Waals surface area contributed by atoms with Crippen molar-refractivity contribution in [3.63, 3.8) is 0 Å². The average Bonchev–Trinajstić information content (AvgIpc) is 3.22. The lowest BCUT2D eigenvalue weighted by Crippen LogP contribution is -2.39. The minimum absolute atomic E-state index is 0.447. The van der Waals surface area contributed by atoms with Crippen LogP contribution in [0.1, 0.15) is 0 Å².